The molecule has 0 radical (unpaired) electrons. The van der Waals surface area contributed by atoms with Gasteiger partial charge in [-0.15, -0.1) is 0 Å². The van der Waals surface area contributed by atoms with Crippen molar-refractivity contribution in [3.05, 3.63) is 35.1 Å². The van der Waals surface area contributed by atoms with E-state index >= 15 is 0 Å². The van der Waals surface area contributed by atoms with Gasteiger partial charge in [-0.25, -0.2) is 9.18 Å². The minimum absolute atomic E-state index is 0.220. The molecule has 1 aromatic carbocycles. The summed E-state index contributed by atoms with van der Waals surface area (Å²) in [6, 6.07) is 5.24. The van der Waals surface area contributed by atoms with Crippen LogP contribution in [0.3, 0.4) is 0 Å². The lowest BCUT2D eigenvalue weighted by Crippen LogP contribution is -2.42. The Kier molecular flexibility index (Phi) is 3.74. The second-order valence-electron chi connectivity index (χ2n) is 5.95. The number of rotatable bonds is 3. The molecule has 0 bridgehead atoms. The largest absolute Gasteiger partial charge is 0.478 e. The summed E-state index contributed by atoms with van der Waals surface area (Å²) in [5, 5.41) is 8.99. The molecule has 20 heavy (non-hydrogen) atoms. The van der Waals surface area contributed by atoms with Crippen LogP contribution >= 0.6 is 0 Å². The molecule has 2 fully saturated rings. The molecule has 108 valence electrons. The van der Waals surface area contributed by atoms with Crippen LogP contribution in [0.1, 0.15) is 48.0 Å². The van der Waals surface area contributed by atoms with E-state index < -0.39 is 11.8 Å². The van der Waals surface area contributed by atoms with Gasteiger partial charge < -0.3 is 5.11 Å². The molecule has 2 atom stereocenters. The van der Waals surface area contributed by atoms with Gasteiger partial charge in [-0.1, -0.05) is 18.6 Å². The van der Waals surface area contributed by atoms with Crippen molar-refractivity contribution in [2.24, 2.45) is 5.92 Å². The average Bonchev–Trinajstić information content (AvgIpc) is 2.90. The van der Waals surface area contributed by atoms with Gasteiger partial charge in [0.05, 0.1) is 5.56 Å². The summed E-state index contributed by atoms with van der Waals surface area (Å²) in [5.74, 6) is -1.00. The molecule has 1 saturated carbocycles. The van der Waals surface area contributed by atoms with Crippen LogP contribution < -0.4 is 0 Å². The van der Waals surface area contributed by atoms with Gasteiger partial charge in [-0.2, -0.15) is 0 Å². The van der Waals surface area contributed by atoms with E-state index in [1.165, 1.54) is 38.2 Å². The zero-order valence-corrected chi connectivity index (χ0v) is 11.5. The smallest absolute Gasteiger partial charge is 0.338 e. The highest BCUT2D eigenvalue weighted by molar-refractivity contribution is 5.88. The Labute approximate surface area is 118 Å². The molecule has 0 aromatic heterocycles. The zero-order valence-electron chi connectivity index (χ0n) is 11.5. The fourth-order valence-electron chi connectivity index (χ4n) is 3.84. The molecule has 1 N–H and O–H groups in total. The fourth-order valence-corrected chi connectivity index (χ4v) is 3.84. The Morgan fingerprint density at radius 2 is 2.10 bits per heavy atom. The van der Waals surface area contributed by atoms with Crippen molar-refractivity contribution in [2.75, 3.05) is 6.54 Å². The van der Waals surface area contributed by atoms with Crippen LogP contribution in [0.15, 0.2) is 18.2 Å². The molecular weight excluding hydrogens is 257 g/mol. The van der Waals surface area contributed by atoms with Gasteiger partial charge in [0.25, 0.3) is 0 Å². The van der Waals surface area contributed by atoms with E-state index in [0.717, 1.165) is 12.5 Å². The lowest BCUT2D eigenvalue weighted by atomic mass is 9.91. The van der Waals surface area contributed by atoms with Crippen molar-refractivity contribution in [1.82, 2.24) is 4.90 Å². The maximum atomic E-state index is 14.2. The molecule has 2 unspecified atom stereocenters. The standard InChI is InChI=1S/C16H20FNO2/c17-15-12(5-1-7-13(15)16(19)20)10-18-9-3-6-11-4-2-8-14(11)18/h1,5,7,11,14H,2-4,6,8-10H2,(H,19,20). The molecule has 1 aliphatic heterocycles. The predicted octanol–water partition coefficient (Wildman–Crippen LogP) is 3.29. The maximum Gasteiger partial charge on any atom is 0.338 e. The normalized spacial score (nSPS) is 26.4. The fraction of sp³-hybridized carbons (Fsp3) is 0.562. The molecule has 0 spiro atoms. The first kappa shape index (κ1) is 13.6. The van der Waals surface area contributed by atoms with E-state index in [-0.39, 0.29) is 5.56 Å². The highest BCUT2D eigenvalue weighted by atomic mass is 19.1. The quantitative estimate of drug-likeness (QED) is 0.921. The van der Waals surface area contributed by atoms with E-state index in [1.807, 2.05) is 0 Å². The Bertz CT molecular complexity index is 517. The van der Waals surface area contributed by atoms with Gasteiger partial charge in [-0.05, 0) is 44.2 Å². The number of halogens is 1. The van der Waals surface area contributed by atoms with Crippen LogP contribution in [0.2, 0.25) is 0 Å². The first-order valence-electron chi connectivity index (χ1n) is 7.41. The first-order valence-corrected chi connectivity index (χ1v) is 7.41. The van der Waals surface area contributed by atoms with E-state index in [1.54, 1.807) is 12.1 Å². The van der Waals surface area contributed by atoms with Crippen molar-refractivity contribution >= 4 is 5.97 Å². The number of hydrogen-bond donors (Lipinski definition) is 1. The minimum Gasteiger partial charge on any atom is -0.478 e. The van der Waals surface area contributed by atoms with Crippen LogP contribution in [-0.4, -0.2) is 28.6 Å². The van der Waals surface area contributed by atoms with E-state index in [9.17, 15) is 9.18 Å². The number of nitrogens with zero attached hydrogens (tertiary/aromatic N) is 1. The number of hydrogen-bond acceptors (Lipinski definition) is 2. The highest BCUT2D eigenvalue weighted by Gasteiger charge is 2.35. The van der Waals surface area contributed by atoms with Gasteiger partial charge >= 0.3 is 5.97 Å². The number of fused-ring (bicyclic) bond motifs is 1. The third-order valence-corrected chi connectivity index (χ3v) is 4.79. The van der Waals surface area contributed by atoms with Crippen LogP contribution in [0.25, 0.3) is 0 Å². The van der Waals surface area contributed by atoms with Gasteiger partial charge in [0.2, 0.25) is 0 Å². The SMILES string of the molecule is O=C(O)c1cccc(CN2CCCC3CCCC32)c1F. The number of carboxylic acids is 1. The summed E-state index contributed by atoms with van der Waals surface area (Å²) < 4.78 is 14.2. The van der Waals surface area contributed by atoms with Gasteiger partial charge in [0.1, 0.15) is 5.82 Å². The second-order valence-corrected chi connectivity index (χ2v) is 5.95. The van der Waals surface area contributed by atoms with Crippen molar-refractivity contribution < 1.29 is 14.3 Å². The third kappa shape index (κ3) is 2.44. The van der Waals surface area contributed by atoms with Crippen LogP contribution in [0.4, 0.5) is 4.39 Å². The van der Waals surface area contributed by atoms with Gasteiger partial charge in [0, 0.05) is 18.2 Å². The summed E-state index contributed by atoms with van der Waals surface area (Å²) >= 11 is 0. The number of piperidine rings is 1. The van der Waals surface area contributed by atoms with Gasteiger partial charge in [0.15, 0.2) is 0 Å². The average molecular weight is 277 g/mol. The topological polar surface area (TPSA) is 40.5 Å². The summed E-state index contributed by atoms with van der Waals surface area (Å²) in [7, 11) is 0. The summed E-state index contributed by atoms with van der Waals surface area (Å²) in [6.07, 6.45) is 6.22. The molecule has 4 heteroatoms. The molecule has 1 heterocycles. The first-order chi connectivity index (χ1) is 9.66. The molecule has 1 aliphatic carbocycles. The van der Waals surface area contributed by atoms with Crippen molar-refractivity contribution in [3.8, 4) is 0 Å². The Morgan fingerprint density at radius 1 is 1.30 bits per heavy atom. The highest BCUT2D eigenvalue weighted by Crippen LogP contribution is 2.37. The Hall–Kier alpha value is -1.42. The summed E-state index contributed by atoms with van der Waals surface area (Å²) in [5.41, 5.74) is 0.292. The van der Waals surface area contributed by atoms with E-state index in [0.29, 0.717) is 18.2 Å². The predicted molar refractivity (Wildman–Crippen MR) is 74.1 cm³/mol. The molecular formula is C16H20FNO2. The summed E-state index contributed by atoms with van der Waals surface area (Å²) in [6.45, 7) is 1.53. The van der Waals surface area contributed by atoms with E-state index in [2.05, 4.69) is 4.90 Å². The van der Waals surface area contributed by atoms with Crippen molar-refractivity contribution in [1.29, 1.82) is 0 Å². The number of carboxylic acid groups (broad SMARTS) is 1. The Balaban J connectivity index is 1.80. The second kappa shape index (κ2) is 5.52. The number of benzene rings is 1. The molecule has 1 saturated heterocycles. The molecule has 3 rings (SSSR count). The maximum absolute atomic E-state index is 14.2. The number of likely N-dealkylation sites (tertiary alicyclic amines) is 1. The Morgan fingerprint density at radius 3 is 2.90 bits per heavy atom. The third-order valence-electron chi connectivity index (χ3n) is 4.79. The van der Waals surface area contributed by atoms with Crippen LogP contribution in [-0.2, 0) is 6.54 Å². The molecule has 2 aliphatic rings. The number of aromatic carboxylic acids is 1. The summed E-state index contributed by atoms with van der Waals surface area (Å²) in [4.78, 5) is 13.3. The van der Waals surface area contributed by atoms with E-state index in [4.69, 9.17) is 5.11 Å². The van der Waals surface area contributed by atoms with Crippen LogP contribution in [0, 0.1) is 11.7 Å². The zero-order chi connectivity index (χ0) is 14.1. The molecule has 0 amide bonds. The van der Waals surface area contributed by atoms with Crippen molar-refractivity contribution in [3.63, 3.8) is 0 Å². The monoisotopic (exact) mass is 277 g/mol. The lowest BCUT2D eigenvalue weighted by Gasteiger charge is -2.37. The number of carbonyl (C=O) groups is 1. The van der Waals surface area contributed by atoms with Crippen LogP contribution in [0.5, 0.6) is 0 Å². The molecule has 1 aromatic rings. The lowest BCUT2D eigenvalue weighted by molar-refractivity contribution is 0.0690. The minimum atomic E-state index is -1.19. The van der Waals surface area contributed by atoms with Gasteiger partial charge in [-0.3, -0.25) is 4.90 Å². The molecule has 3 nitrogen and oxygen atoms in total. The van der Waals surface area contributed by atoms with Crippen molar-refractivity contribution in [2.45, 2.75) is 44.7 Å².